The summed E-state index contributed by atoms with van der Waals surface area (Å²) in [4.78, 5) is 0. The van der Waals surface area contributed by atoms with E-state index in [4.69, 9.17) is 0 Å². The van der Waals surface area contributed by atoms with E-state index in [1.54, 1.807) is 0 Å². The maximum Gasteiger partial charge on any atom is 0.0746 e. The van der Waals surface area contributed by atoms with Gasteiger partial charge in [-0.15, -0.1) is 0 Å². The van der Waals surface area contributed by atoms with Crippen LogP contribution in [0, 0.1) is 0 Å². The van der Waals surface area contributed by atoms with Crippen molar-refractivity contribution >= 4 is 32.2 Å². The van der Waals surface area contributed by atoms with E-state index in [9.17, 15) is 0 Å². The van der Waals surface area contributed by atoms with E-state index in [1.807, 2.05) is 0 Å². The highest BCUT2D eigenvalue weighted by Crippen LogP contribution is 2.55. The molecule has 2 unspecified atom stereocenters. The Hall–Kier alpha value is -2.34. The van der Waals surface area contributed by atoms with Crippen molar-refractivity contribution in [2.45, 2.75) is 32.9 Å². The first kappa shape index (κ1) is 23.8. The summed E-state index contributed by atoms with van der Waals surface area (Å²) in [6.07, 6.45) is 0. The highest BCUT2D eigenvalue weighted by atomic mass is 31.2. The molecular formula is C29H32N2P2. The fourth-order valence-corrected chi connectivity index (χ4v) is 9.77. The molecule has 4 aromatic rings. The van der Waals surface area contributed by atoms with E-state index in [1.165, 1.54) is 21.5 Å². The third-order valence-electron chi connectivity index (χ3n) is 5.49. The summed E-state index contributed by atoms with van der Waals surface area (Å²) in [5, 5.41) is 8.17. The minimum absolute atomic E-state index is 0.238. The van der Waals surface area contributed by atoms with Gasteiger partial charge in [0.05, 0.1) is 8.22 Å². The highest BCUT2D eigenvalue weighted by molar-refractivity contribution is 7.81. The number of benzene rings is 4. The van der Waals surface area contributed by atoms with Crippen molar-refractivity contribution in [1.29, 1.82) is 0 Å². The van der Waals surface area contributed by atoms with Gasteiger partial charge in [0.2, 0.25) is 0 Å². The SMILES string of the molecule is CC(NP(c1ccccc1)N(C(C)C)P(c1ccccc1)c1ccccc1)c1ccccc1. The Balaban J connectivity index is 1.82. The van der Waals surface area contributed by atoms with Crippen LogP contribution >= 0.6 is 16.3 Å². The van der Waals surface area contributed by atoms with Crippen molar-refractivity contribution in [3.8, 4) is 0 Å². The zero-order chi connectivity index (χ0) is 23.0. The summed E-state index contributed by atoms with van der Waals surface area (Å²) in [6, 6.07) is 44.3. The minimum atomic E-state index is -0.796. The number of nitrogens with zero attached hydrogens (tertiary/aromatic N) is 1. The Morgan fingerprint density at radius 3 is 1.36 bits per heavy atom. The molecule has 0 spiro atoms. The lowest BCUT2D eigenvalue weighted by molar-refractivity contribution is 0.565. The van der Waals surface area contributed by atoms with Crippen molar-refractivity contribution in [1.82, 2.24) is 9.53 Å². The molecule has 2 nitrogen and oxygen atoms in total. The van der Waals surface area contributed by atoms with Crippen LogP contribution < -0.4 is 21.0 Å². The summed E-state index contributed by atoms with van der Waals surface area (Å²) in [5.41, 5.74) is 1.31. The van der Waals surface area contributed by atoms with Gasteiger partial charge in [-0.2, -0.15) is 0 Å². The first-order valence-corrected chi connectivity index (χ1v) is 14.1. The monoisotopic (exact) mass is 470 g/mol. The van der Waals surface area contributed by atoms with Crippen LogP contribution in [0.3, 0.4) is 0 Å². The van der Waals surface area contributed by atoms with E-state index < -0.39 is 16.3 Å². The van der Waals surface area contributed by atoms with Crippen LogP contribution in [0.5, 0.6) is 0 Å². The summed E-state index contributed by atoms with van der Waals surface area (Å²) < 4.78 is 2.74. The van der Waals surface area contributed by atoms with Crippen molar-refractivity contribution in [2.75, 3.05) is 0 Å². The van der Waals surface area contributed by atoms with Gasteiger partial charge in [-0.3, -0.25) is 5.09 Å². The molecule has 0 aromatic heterocycles. The summed E-state index contributed by atoms with van der Waals surface area (Å²) in [6.45, 7) is 6.93. The van der Waals surface area contributed by atoms with Crippen molar-refractivity contribution in [3.63, 3.8) is 0 Å². The normalized spacial score (nSPS) is 13.4. The van der Waals surface area contributed by atoms with Gasteiger partial charge in [-0.25, -0.2) is 4.44 Å². The molecule has 0 amide bonds. The second-order valence-electron chi connectivity index (χ2n) is 8.31. The van der Waals surface area contributed by atoms with Crippen LogP contribution in [0.4, 0.5) is 0 Å². The molecule has 1 N–H and O–H groups in total. The van der Waals surface area contributed by atoms with Crippen LogP contribution in [0.1, 0.15) is 32.4 Å². The van der Waals surface area contributed by atoms with E-state index in [-0.39, 0.29) is 6.04 Å². The maximum atomic E-state index is 4.06. The van der Waals surface area contributed by atoms with Gasteiger partial charge in [0, 0.05) is 25.5 Å². The molecule has 0 aliphatic carbocycles. The molecule has 0 aliphatic rings. The highest BCUT2D eigenvalue weighted by Gasteiger charge is 2.33. The number of rotatable bonds is 9. The number of hydrogen-bond donors (Lipinski definition) is 1. The predicted molar refractivity (Wildman–Crippen MR) is 147 cm³/mol. The van der Waals surface area contributed by atoms with Crippen molar-refractivity contribution in [3.05, 3.63) is 127 Å². The molecule has 0 bridgehead atoms. The van der Waals surface area contributed by atoms with Gasteiger partial charge in [0.15, 0.2) is 0 Å². The van der Waals surface area contributed by atoms with Gasteiger partial charge in [0.25, 0.3) is 0 Å². The first-order valence-electron chi connectivity index (χ1n) is 11.5. The Labute approximate surface area is 201 Å². The average Bonchev–Trinajstić information content (AvgIpc) is 2.88. The molecule has 33 heavy (non-hydrogen) atoms. The van der Waals surface area contributed by atoms with E-state index in [2.05, 4.69) is 152 Å². The Kier molecular flexibility index (Phi) is 8.43. The Morgan fingerprint density at radius 1 is 0.545 bits per heavy atom. The molecule has 4 aromatic carbocycles. The van der Waals surface area contributed by atoms with E-state index in [0.717, 1.165) is 0 Å². The molecule has 0 saturated carbocycles. The largest absolute Gasteiger partial charge is 0.273 e. The molecule has 0 saturated heterocycles. The van der Waals surface area contributed by atoms with Crippen molar-refractivity contribution < 1.29 is 0 Å². The Morgan fingerprint density at radius 2 is 0.939 bits per heavy atom. The molecule has 2 atom stereocenters. The predicted octanol–water partition coefficient (Wildman–Crippen LogP) is 6.73. The second-order valence-corrected chi connectivity index (χ2v) is 12.5. The average molecular weight is 471 g/mol. The zero-order valence-corrected chi connectivity index (χ0v) is 21.3. The third-order valence-corrected chi connectivity index (χ3v) is 11.3. The lowest BCUT2D eigenvalue weighted by Gasteiger charge is -2.42. The van der Waals surface area contributed by atoms with E-state index >= 15 is 0 Å². The molecule has 0 radical (unpaired) electrons. The van der Waals surface area contributed by atoms with Crippen LogP contribution in [0.15, 0.2) is 121 Å². The van der Waals surface area contributed by atoms with Crippen LogP contribution in [-0.2, 0) is 0 Å². The standard InChI is InChI=1S/C29H32N2P2/c1-24(2)31(32(27-18-10-5-11-19-27)28-20-12-6-13-21-28)33(29-22-14-7-15-23-29)30-25(3)26-16-8-4-9-17-26/h4-25,30H,1-3H3. The van der Waals surface area contributed by atoms with Gasteiger partial charge < -0.3 is 0 Å². The van der Waals surface area contributed by atoms with E-state index in [0.29, 0.717) is 6.04 Å². The fraction of sp³-hybridized carbons (Fsp3) is 0.172. The van der Waals surface area contributed by atoms with Crippen molar-refractivity contribution in [2.24, 2.45) is 0 Å². The lowest BCUT2D eigenvalue weighted by Crippen LogP contribution is -2.37. The molecule has 168 valence electrons. The quantitative estimate of drug-likeness (QED) is 0.273. The van der Waals surface area contributed by atoms with Gasteiger partial charge in [-0.05, 0) is 36.9 Å². The van der Waals surface area contributed by atoms with Crippen LogP contribution in [0.25, 0.3) is 0 Å². The van der Waals surface area contributed by atoms with Crippen LogP contribution in [0.2, 0.25) is 0 Å². The lowest BCUT2D eigenvalue weighted by atomic mass is 10.1. The number of hydrogen-bond acceptors (Lipinski definition) is 2. The summed E-state index contributed by atoms with van der Waals surface area (Å²) in [5.74, 6) is 0. The zero-order valence-electron chi connectivity index (χ0n) is 19.5. The molecule has 0 heterocycles. The maximum absolute atomic E-state index is 4.06. The summed E-state index contributed by atoms with van der Waals surface area (Å²) in [7, 11) is -1.51. The first-order chi connectivity index (χ1) is 16.1. The summed E-state index contributed by atoms with van der Waals surface area (Å²) >= 11 is 0. The van der Waals surface area contributed by atoms with Crippen LogP contribution in [-0.4, -0.2) is 10.5 Å². The smallest absolute Gasteiger partial charge is 0.0746 e. The molecule has 4 heteroatoms. The number of nitrogens with one attached hydrogen (secondary N) is 1. The van der Waals surface area contributed by atoms with Gasteiger partial charge in [-0.1, -0.05) is 121 Å². The fourth-order valence-electron chi connectivity index (χ4n) is 3.90. The Bertz CT molecular complexity index is 1050. The molecular weight excluding hydrogens is 438 g/mol. The molecule has 0 fully saturated rings. The molecule has 0 aliphatic heterocycles. The van der Waals surface area contributed by atoms with Gasteiger partial charge >= 0.3 is 0 Å². The second kappa shape index (κ2) is 11.7. The minimum Gasteiger partial charge on any atom is -0.273 e. The molecule has 4 rings (SSSR count). The topological polar surface area (TPSA) is 15.3 Å². The third kappa shape index (κ3) is 5.97. The van der Waals surface area contributed by atoms with Gasteiger partial charge in [0.1, 0.15) is 0 Å².